The second-order valence-corrected chi connectivity index (χ2v) is 7.08. The highest BCUT2D eigenvalue weighted by molar-refractivity contribution is 5.91. The van der Waals surface area contributed by atoms with Crippen LogP contribution in [0.4, 0.5) is 5.69 Å². The van der Waals surface area contributed by atoms with E-state index in [1.807, 2.05) is 37.3 Å². The maximum absolute atomic E-state index is 12.4. The molecule has 0 bridgehead atoms. The highest BCUT2D eigenvalue weighted by atomic mass is 16.5. The van der Waals surface area contributed by atoms with Gasteiger partial charge in [-0.25, -0.2) is 9.59 Å². The average molecular weight is 403 g/mol. The van der Waals surface area contributed by atoms with Crippen LogP contribution in [-0.2, 0) is 11.2 Å². The van der Waals surface area contributed by atoms with E-state index in [0.717, 1.165) is 16.8 Å². The number of carbonyl (C=O) groups excluding carboxylic acids is 2. The van der Waals surface area contributed by atoms with Crippen molar-refractivity contribution >= 4 is 17.6 Å². The second-order valence-electron chi connectivity index (χ2n) is 7.08. The lowest BCUT2D eigenvalue weighted by atomic mass is 10.0. The van der Waals surface area contributed by atoms with Gasteiger partial charge in [0.1, 0.15) is 23.3 Å². The number of carbonyl (C=O) groups is 2. The smallest absolute Gasteiger partial charge is 0.343 e. The lowest BCUT2D eigenvalue weighted by molar-refractivity contribution is -0.136. The van der Waals surface area contributed by atoms with Crippen molar-refractivity contribution < 1.29 is 23.8 Å². The van der Waals surface area contributed by atoms with E-state index in [1.54, 1.807) is 43.5 Å². The molecule has 6 heteroatoms. The molecule has 1 unspecified atom stereocenters. The third-order valence-electron chi connectivity index (χ3n) is 4.89. The summed E-state index contributed by atoms with van der Waals surface area (Å²) in [6.07, 6.45) is 0.481. The Hall–Kier alpha value is -3.80. The van der Waals surface area contributed by atoms with Crippen molar-refractivity contribution in [1.29, 1.82) is 0 Å². The molecule has 6 nitrogen and oxygen atoms in total. The Bertz CT molecular complexity index is 1070. The first-order valence-corrected chi connectivity index (χ1v) is 9.56. The van der Waals surface area contributed by atoms with Gasteiger partial charge in [-0.3, -0.25) is 0 Å². The van der Waals surface area contributed by atoms with Crippen molar-refractivity contribution in [2.24, 2.45) is 0 Å². The van der Waals surface area contributed by atoms with Crippen LogP contribution in [0.1, 0.15) is 21.5 Å². The first kappa shape index (κ1) is 19.5. The number of hydrogen-bond donors (Lipinski definition) is 1. The molecule has 0 saturated heterocycles. The zero-order valence-electron chi connectivity index (χ0n) is 16.7. The molecule has 0 fully saturated rings. The van der Waals surface area contributed by atoms with Gasteiger partial charge in [0.25, 0.3) is 0 Å². The zero-order chi connectivity index (χ0) is 21.1. The Balaban J connectivity index is 1.45. The molecule has 1 aliphatic rings. The minimum atomic E-state index is -0.501. The van der Waals surface area contributed by atoms with E-state index >= 15 is 0 Å². The van der Waals surface area contributed by atoms with E-state index in [-0.39, 0.29) is 5.97 Å². The lowest BCUT2D eigenvalue weighted by Gasteiger charge is -2.25. The quantitative estimate of drug-likeness (QED) is 0.509. The third kappa shape index (κ3) is 4.27. The molecule has 0 saturated carbocycles. The summed E-state index contributed by atoms with van der Waals surface area (Å²) in [6, 6.07) is 19.0. The molecule has 1 atom stereocenters. The summed E-state index contributed by atoms with van der Waals surface area (Å²) < 4.78 is 16.0. The van der Waals surface area contributed by atoms with Gasteiger partial charge in [0.2, 0.25) is 0 Å². The number of nitrogens with one attached hydrogen (secondary N) is 1. The topological polar surface area (TPSA) is 73.9 Å². The van der Waals surface area contributed by atoms with Gasteiger partial charge in [0.05, 0.1) is 12.7 Å². The summed E-state index contributed by atoms with van der Waals surface area (Å²) in [5.41, 5.74) is 3.27. The van der Waals surface area contributed by atoms with Crippen LogP contribution in [0.5, 0.6) is 17.2 Å². The normalized spacial score (nSPS) is 15.0. The van der Waals surface area contributed by atoms with Gasteiger partial charge >= 0.3 is 11.9 Å². The van der Waals surface area contributed by atoms with Gasteiger partial charge in [0, 0.05) is 18.2 Å². The van der Waals surface area contributed by atoms with E-state index < -0.39 is 12.0 Å². The average Bonchev–Trinajstić information content (AvgIpc) is 2.76. The Morgan fingerprint density at radius 1 is 1.00 bits per heavy atom. The Morgan fingerprint density at radius 3 is 2.40 bits per heavy atom. The van der Waals surface area contributed by atoms with Crippen molar-refractivity contribution in [1.82, 2.24) is 0 Å². The van der Waals surface area contributed by atoms with Crippen molar-refractivity contribution in [2.45, 2.75) is 19.4 Å². The molecule has 0 aliphatic carbocycles. The Labute approximate surface area is 174 Å². The number of benzene rings is 3. The van der Waals surface area contributed by atoms with Crippen molar-refractivity contribution in [2.75, 3.05) is 12.4 Å². The minimum absolute atomic E-state index is 0.312. The number of aryl methyl sites for hydroxylation is 1. The standard InChI is InChI=1S/C24H21NO5/c1-15-3-8-18(9-4-15)25-21-13-17-7-12-20(14-22(17)30-24(21)27)29-23(26)16-5-10-19(28-2)11-6-16/h3-12,14,21,25H,13H2,1-2H3. The van der Waals surface area contributed by atoms with E-state index in [9.17, 15) is 9.59 Å². The zero-order valence-corrected chi connectivity index (χ0v) is 16.7. The maximum Gasteiger partial charge on any atom is 0.343 e. The number of anilines is 1. The van der Waals surface area contributed by atoms with Crippen LogP contribution in [0, 0.1) is 6.92 Å². The van der Waals surface area contributed by atoms with E-state index in [2.05, 4.69) is 5.32 Å². The van der Waals surface area contributed by atoms with Crippen LogP contribution in [0.3, 0.4) is 0 Å². The largest absolute Gasteiger partial charge is 0.497 e. The first-order chi connectivity index (χ1) is 14.5. The summed E-state index contributed by atoms with van der Waals surface area (Å²) in [7, 11) is 1.56. The maximum atomic E-state index is 12.4. The molecule has 30 heavy (non-hydrogen) atoms. The summed E-state index contributed by atoms with van der Waals surface area (Å²) in [6.45, 7) is 2.01. The molecule has 0 aromatic heterocycles. The molecule has 1 aliphatic heterocycles. The fourth-order valence-electron chi connectivity index (χ4n) is 3.20. The summed E-state index contributed by atoms with van der Waals surface area (Å²) in [5, 5.41) is 3.21. The van der Waals surface area contributed by atoms with Crippen LogP contribution in [0.2, 0.25) is 0 Å². The second kappa shape index (κ2) is 8.29. The molecule has 0 radical (unpaired) electrons. The molecule has 3 aromatic carbocycles. The summed E-state index contributed by atoms with van der Waals surface area (Å²) in [5.74, 6) is 0.496. The molecule has 152 valence electrons. The first-order valence-electron chi connectivity index (χ1n) is 9.56. The number of esters is 2. The predicted molar refractivity (Wildman–Crippen MR) is 112 cm³/mol. The Morgan fingerprint density at radius 2 is 1.70 bits per heavy atom. The molecule has 1 N–H and O–H groups in total. The van der Waals surface area contributed by atoms with Crippen LogP contribution in [-0.4, -0.2) is 25.1 Å². The number of ether oxygens (including phenoxy) is 3. The van der Waals surface area contributed by atoms with E-state index in [0.29, 0.717) is 29.2 Å². The molecular weight excluding hydrogens is 382 g/mol. The van der Waals surface area contributed by atoms with Crippen LogP contribution >= 0.6 is 0 Å². The monoisotopic (exact) mass is 403 g/mol. The fraction of sp³-hybridized carbons (Fsp3) is 0.167. The van der Waals surface area contributed by atoms with Gasteiger partial charge in [-0.2, -0.15) is 0 Å². The minimum Gasteiger partial charge on any atom is -0.497 e. The number of fused-ring (bicyclic) bond motifs is 1. The molecule has 0 amide bonds. The molecule has 3 aromatic rings. The molecule has 4 rings (SSSR count). The number of methoxy groups -OCH3 is 1. The molecule has 0 spiro atoms. The molecule has 1 heterocycles. The number of hydrogen-bond acceptors (Lipinski definition) is 6. The van der Waals surface area contributed by atoms with Crippen LogP contribution in [0.25, 0.3) is 0 Å². The van der Waals surface area contributed by atoms with E-state index in [1.165, 1.54) is 0 Å². The highest BCUT2D eigenvalue weighted by Crippen LogP contribution is 2.31. The SMILES string of the molecule is COc1ccc(C(=O)Oc2ccc3c(c2)OC(=O)C(Nc2ccc(C)cc2)C3)cc1. The summed E-state index contributed by atoms with van der Waals surface area (Å²) in [4.78, 5) is 24.8. The lowest BCUT2D eigenvalue weighted by Crippen LogP contribution is -2.38. The Kier molecular flexibility index (Phi) is 5.39. The van der Waals surface area contributed by atoms with Gasteiger partial charge < -0.3 is 19.5 Å². The fourth-order valence-corrected chi connectivity index (χ4v) is 3.20. The molecular formula is C24H21NO5. The predicted octanol–water partition coefficient (Wildman–Crippen LogP) is 4.17. The van der Waals surface area contributed by atoms with Gasteiger partial charge in [-0.15, -0.1) is 0 Å². The van der Waals surface area contributed by atoms with Gasteiger partial charge in [0.15, 0.2) is 0 Å². The summed E-state index contributed by atoms with van der Waals surface area (Å²) >= 11 is 0. The van der Waals surface area contributed by atoms with E-state index in [4.69, 9.17) is 14.2 Å². The van der Waals surface area contributed by atoms with Crippen molar-refractivity contribution in [3.05, 3.63) is 83.4 Å². The number of rotatable bonds is 5. The van der Waals surface area contributed by atoms with Crippen molar-refractivity contribution in [3.63, 3.8) is 0 Å². The van der Waals surface area contributed by atoms with Gasteiger partial charge in [-0.05, 0) is 55.0 Å². The van der Waals surface area contributed by atoms with Crippen LogP contribution < -0.4 is 19.5 Å². The van der Waals surface area contributed by atoms with Crippen molar-refractivity contribution in [3.8, 4) is 17.2 Å². The van der Waals surface area contributed by atoms with Crippen LogP contribution in [0.15, 0.2) is 66.7 Å². The third-order valence-corrected chi connectivity index (χ3v) is 4.89. The highest BCUT2D eigenvalue weighted by Gasteiger charge is 2.29. The van der Waals surface area contributed by atoms with Gasteiger partial charge in [-0.1, -0.05) is 23.8 Å².